The summed E-state index contributed by atoms with van der Waals surface area (Å²) >= 11 is 0. The molecular formula is C15H21NO4S. The van der Waals surface area contributed by atoms with Crippen molar-refractivity contribution in [2.24, 2.45) is 0 Å². The molecule has 6 heteroatoms. The lowest BCUT2D eigenvalue weighted by Crippen LogP contribution is -2.36. The summed E-state index contributed by atoms with van der Waals surface area (Å²) in [5.74, 6) is 0. The summed E-state index contributed by atoms with van der Waals surface area (Å²) < 4.78 is 37.5. The van der Waals surface area contributed by atoms with E-state index in [1.54, 1.807) is 24.3 Å². The molecule has 0 saturated carbocycles. The third-order valence-electron chi connectivity index (χ3n) is 3.22. The molecule has 116 valence electrons. The van der Waals surface area contributed by atoms with Gasteiger partial charge in [-0.05, 0) is 19.1 Å². The molecule has 0 spiro atoms. The van der Waals surface area contributed by atoms with Gasteiger partial charge in [0.25, 0.3) is 0 Å². The Morgan fingerprint density at radius 1 is 0.952 bits per heavy atom. The van der Waals surface area contributed by atoms with Crippen molar-refractivity contribution in [1.82, 2.24) is 4.31 Å². The van der Waals surface area contributed by atoms with E-state index < -0.39 is 10.0 Å². The molecule has 0 atom stereocenters. The van der Waals surface area contributed by atoms with Crippen LogP contribution >= 0.6 is 0 Å². The Morgan fingerprint density at radius 2 is 1.48 bits per heavy atom. The van der Waals surface area contributed by atoms with Crippen molar-refractivity contribution in [2.75, 3.05) is 39.5 Å². The van der Waals surface area contributed by atoms with Crippen LogP contribution in [0.1, 0.15) is 5.56 Å². The Labute approximate surface area is 126 Å². The molecule has 0 aliphatic carbocycles. The second-order valence-electron chi connectivity index (χ2n) is 4.84. The van der Waals surface area contributed by atoms with Gasteiger partial charge in [-0.25, -0.2) is 8.42 Å². The molecule has 2 rings (SSSR count). The van der Waals surface area contributed by atoms with E-state index in [-0.39, 0.29) is 0 Å². The Hall–Kier alpha value is -1.21. The Kier molecular flexibility index (Phi) is 5.93. The van der Waals surface area contributed by atoms with E-state index in [9.17, 15) is 8.42 Å². The summed E-state index contributed by atoms with van der Waals surface area (Å²) in [6.45, 7) is 4.27. The highest BCUT2D eigenvalue weighted by Crippen LogP contribution is 2.16. The number of benzene rings is 1. The molecule has 1 heterocycles. The molecule has 0 fully saturated rings. The van der Waals surface area contributed by atoms with Crippen molar-refractivity contribution in [3.05, 3.63) is 42.0 Å². The summed E-state index contributed by atoms with van der Waals surface area (Å²) in [7, 11) is -3.51. The fraction of sp³-hybridized carbons (Fsp3) is 0.467. The normalized spacial score (nSPS) is 20.6. The van der Waals surface area contributed by atoms with Crippen molar-refractivity contribution in [1.29, 1.82) is 0 Å². The predicted octanol–water partition coefficient (Wildman–Crippen LogP) is 1.59. The highest BCUT2D eigenvalue weighted by Gasteiger charge is 2.23. The van der Waals surface area contributed by atoms with E-state index in [0.717, 1.165) is 5.56 Å². The fourth-order valence-corrected chi connectivity index (χ4v) is 3.39. The molecular weight excluding hydrogens is 290 g/mol. The topological polar surface area (TPSA) is 55.8 Å². The van der Waals surface area contributed by atoms with Crippen LogP contribution in [-0.2, 0) is 19.5 Å². The standard InChI is InChI=1S/C15H21NO4S/c1-14-4-6-15(7-5-14)21(17,18)16-8-12-19-10-2-3-11-20-13-9-16/h2-7H,8-13H2,1H3/b3-2-. The fourth-order valence-electron chi connectivity index (χ4n) is 1.98. The molecule has 1 aliphatic rings. The average Bonchev–Trinajstić information content (AvgIpc) is 2.53. The molecule has 0 saturated heterocycles. The van der Waals surface area contributed by atoms with Crippen LogP contribution < -0.4 is 0 Å². The molecule has 0 bridgehead atoms. The molecule has 5 nitrogen and oxygen atoms in total. The zero-order valence-electron chi connectivity index (χ0n) is 12.2. The van der Waals surface area contributed by atoms with Gasteiger partial charge in [-0.2, -0.15) is 4.31 Å². The number of sulfonamides is 1. The van der Waals surface area contributed by atoms with E-state index in [1.807, 2.05) is 19.1 Å². The molecule has 0 unspecified atom stereocenters. The van der Waals surface area contributed by atoms with Crippen LogP contribution in [-0.4, -0.2) is 52.2 Å². The molecule has 0 N–H and O–H groups in total. The minimum atomic E-state index is -3.51. The van der Waals surface area contributed by atoms with Gasteiger partial charge in [0, 0.05) is 13.1 Å². The number of rotatable bonds is 2. The largest absolute Gasteiger partial charge is 0.376 e. The third kappa shape index (κ3) is 4.64. The second kappa shape index (κ2) is 7.70. The van der Waals surface area contributed by atoms with Gasteiger partial charge in [-0.15, -0.1) is 0 Å². The first-order valence-corrected chi connectivity index (χ1v) is 8.42. The number of nitrogens with zero attached hydrogens (tertiary/aromatic N) is 1. The lowest BCUT2D eigenvalue weighted by atomic mass is 10.2. The molecule has 0 amide bonds. The Balaban J connectivity index is 2.13. The smallest absolute Gasteiger partial charge is 0.243 e. The number of hydrogen-bond donors (Lipinski definition) is 0. The number of hydrogen-bond acceptors (Lipinski definition) is 4. The van der Waals surface area contributed by atoms with Crippen LogP contribution in [0, 0.1) is 6.92 Å². The zero-order valence-corrected chi connectivity index (χ0v) is 13.0. The van der Waals surface area contributed by atoms with Gasteiger partial charge in [0.15, 0.2) is 0 Å². The maximum absolute atomic E-state index is 12.6. The maximum atomic E-state index is 12.6. The van der Waals surface area contributed by atoms with Crippen LogP contribution in [0.2, 0.25) is 0 Å². The molecule has 1 aromatic rings. The summed E-state index contributed by atoms with van der Waals surface area (Å²) in [5, 5.41) is 0. The van der Waals surface area contributed by atoms with Gasteiger partial charge in [0.2, 0.25) is 10.0 Å². The molecule has 0 radical (unpaired) electrons. The minimum Gasteiger partial charge on any atom is -0.376 e. The van der Waals surface area contributed by atoms with Gasteiger partial charge in [-0.3, -0.25) is 0 Å². The van der Waals surface area contributed by atoms with Gasteiger partial charge in [0.1, 0.15) is 0 Å². The van der Waals surface area contributed by atoms with E-state index >= 15 is 0 Å². The highest BCUT2D eigenvalue weighted by atomic mass is 32.2. The Morgan fingerprint density at radius 3 is 2.00 bits per heavy atom. The Bertz CT molecular complexity index is 552. The summed E-state index contributed by atoms with van der Waals surface area (Å²) in [4.78, 5) is 0.307. The molecule has 0 aromatic heterocycles. The van der Waals surface area contributed by atoms with Crippen molar-refractivity contribution in [3.8, 4) is 0 Å². The highest BCUT2D eigenvalue weighted by molar-refractivity contribution is 7.89. The number of aryl methyl sites for hydroxylation is 1. The monoisotopic (exact) mass is 311 g/mol. The zero-order chi connectivity index (χ0) is 15.1. The number of ether oxygens (including phenoxy) is 2. The van der Waals surface area contributed by atoms with Crippen molar-refractivity contribution in [3.63, 3.8) is 0 Å². The van der Waals surface area contributed by atoms with Crippen molar-refractivity contribution in [2.45, 2.75) is 11.8 Å². The van der Waals surface area contributed by atoms with Gasteiger partial charge in [-0.1, -0.05) is 29.8 Å². The van der Waals surface area contributed by atoms with Crippen molar-refractivity contribution >= 4 is 10.0 Å². The first-order chi connectivity index (χ1) is 10.1. The van der Waals surface area contributed by atoms with E-state index in [4.69, 9.17) is 9.47 Å². The van der Waals surface area contributed by atoms with Crippen molar-refractivity contribution < 1.29 is 17.9 Å². The van der Waals surface area contributed by atoms with Crippen LogP contribution in [0.25, 0.3) is 0 Å². The van der Waals surface area contributed by atoms with E-state index in [2.05, 4.69) is 0 Å². The molecule has 21 heavy (non-hydrogen) atoms. The van der Waals surface area contributed by atoms with Crippen LogP contribution in [0.4, 0.5) is 0 Å². The lowest BCUT2D eigenvalue weighted by molar-refractivity contribution is 0.128. The summed E-state index contributed by atoms with van der Waals surface area (Å²) in [6, 6.07) is 6.88. The van der Waals surface area contributed by atoms with Crippen LogP contribution in [0.15, 0.2) is 41.3 Å². The molecule has 1 aliphatic heterocycles. The summed E-state index contributed by atoms with van der Waals surface area (Å²) in [5.41, 5.74) is 1.03. The maximum Gasteiger partial charge on any atom is 0.243 e. The van der Waals surface area contributed by atoms with Gasteiger partial charge < -0.3 is 9.47 Å². The van der Waals surface area contributed by atoms with E-state index in [0.29, 0.717) is 44.4 Å². The van der Waals surface area contributed by atoms with Crippen LogP contribution in [0.5, 0.6) is 0 Å². The third-order valence-corrected chi connectivity index (χ3v) is 5.14. The quantitative estimate of drug-likeness (QED) is 0.778. The second-order valence-corrected chi connectivity index (χ2v) is 6.78. The van der Waals surface area contributed by atoms with Gasteiger partial charge >= 0.3 is 0 Å². The first kappa shape index (κ1) is 16.2. The lowest BCUT2D eigenvalue weighted by Gasteiger charge is -2.21. The molecule has 1 aromatic carbocycles. The van der Waals surface area contributed by atoms with E-state index in [1.165, 1.54) is 4.31 Å². The first-order valence-electron chi connectivity index (χ1n) is 6.98. The predicted molar refractivity (Wildman–Crippen MR) is 80.7 cm³/mol. The van der Waals surface area contributed by atoms with Crippen LogP contribution in [0.3, 0.4) is 0 Å². The average molecular weight is 311 g/mol. The SMILES string of the molecule is Cc1ccc(S(=O)(=O)N2CCOC/C=C\COCC2)cc1. The van der Waals surface area contributed by atoms with Gasteiger partial charge in [0.05, 0.1) is 31.3 Å². The minimum absolute atomic E-state index is 0.307. The summed E-state index contributed by atoms with van der Waals surface area (Å²) in [6.07, 6.45) is 3.76.